The highest BCUT2D eigenvalue weighted by Crippen LogP contribution is 2.16. The number of benzene rings is 2. The molecule has 26 heavy (non-hydrogen) atoms. The maximum atomic E-state index is 12.9. The molecule has 0 fully saturated rings. The first-order valence-corrected chi connectivity index (χ1v) is 7.70. The van der Waals surface area contributed by atoms with Crippen molar-refractivity contribution in [1.29, 1.82) is 5.26 Å². The lowest BCUT2D eigenvalue weighted by Gasteiger charge is -2.11. The number of nitrogens with zero attached hydrogens (tertiary/aromatic N) is 3. The summed E-state index contributed by atoms with van der Waals surface area (Å²) in [6.45, 7) is -0.198. The highest BCUT2D eigenvalue weighted by molar-refractivity contribution is 5.51. The number of aliphatic hydroxyl groups is 1. The van der Waals surface area contributed by atoms with Gasteiger partial charge < -0.3 is 14.3 Å². The quantitative estimate of drug-likeness (QED) is 0.725. The van der Waals surface area contributed by atoms with E-state index in [1.54, 1.807) is 24.3 Å². The molecule has 0 amide bonds. The third-order valence-electron chi connectivity index (χ3n) is 3.51. The Morgan fingerprint density at radius 1 is 1.23 bits per heavy atom. The number of halogens is 1. The van der Waals surface area contributed by atoms with E-state index in [0.717, 1.165) is 4.68 Å². The summed E-state index contributed by atoms with van der Waals surface area (Å²) in [6.07, 6.45) is -1.01. The standard InChI is InChI=1S/C18H14FN3O4/c19-14-5-3-13(4-6-14)17-21-22(18(24)26-17)10-15(23)11-25-16-7-1-12(9-20)2-8-16/h1-8,15,23H,10-11H2. The van der Waals surface area contributed by atoms with Gasteiger partial charge in [-0.3, -0.25) is 0 Å². The number of nitriles is 1. The van der Waals surface area contributed by atoms with Crippen LogP contribution in [0.25, 0.3) is 11.5 Å². The van der Waals surface area contributed by atoms with Gasteiger partial charge in [0.05, 0.1) is 18.2 Å². The van der Waals surface area contributed by atoms with Crippen molar-refractivity contribution in [3.05, 3.63) is 70.5 Å². The van der Waals surface area contributed by atoms with Gasteiger partial charge in [-0.15, -0.1) is 5.10 Å². The van der Waals surface area contributed by atoms with Crippen LogP contribution in [-0.4, -0.2) is 27.6 Å². The fourth-order valence-corrected chi connectivity index (χ4v) is 2.20. The summed E-state index contributed by atoms with van der Waals surface area (Å²) in [5, 5.41) is 22.8. The van der Waals surface area contributed by atoms with E-state index >= 15 is 0 Å². The van der Waals surface area contributed by atoms with Gasteiger partial charge in [0.15, 0.2) is 0 Å². The largest absolute Gasteiger partial charge is 0.491 e. The zero-order valence-corrected chi connectivity index (χ0v) is 13.5. The summed E-state index contributed by atoms with van der Waals surface area (Å²) in [5.74, 6) is -0.620. The van der Waals surface area contributed by atoms with Crippen LogP contribution < -0.4 is 10.5 Å². The van der Waals surface area contributed by atoms with Crippen molar-refractivity contribution in [2.24, 2.45) is 0 Å². The van der Waals surface area contributed by atoms with Gasteiger partial charge in [-0.1, -0.05) is 0 Å². The molecule has 3 rings (SSSR count). The minimum Gasteiger partial charge on any atom is -0.491 e. The molecule has 8 heteroatoms. The predicted octanol–water partition coefficient (Wildman–Crippen LogP) is 1.95. The Hall–Kier alpha value is -3.44. The van der Waals surface area contributed by atoms with E-state index in [-0.39, 0.29) is 19.0 Å². The van der Waals surface area contributed by atoms with Crippen LogP contribution in [-0.2, 0) is 6.54 Å². The van der Waals surface area contributed by atoms with Crippen LogP contribution in [0.3, 0.4) is 0 Å². The van der Waals surface area contributed by atoms with Crippen LogP contribution in [0.5, 0.6) is 5.75 Å². The molecule has 0 spiro atoms. The molecule has 7 nitrogen and oxygen atoms in total. The van der Waals surface area contributed by atoms with E-state index in [1.807, 2.05) is 6.07 Å². The van der Waals surface area contributed by atoms with Gasteiger partial charge in [0.25, 0.3) is 0 Å². The Morgan fingerprint density at radius 3 is 2.58 bits per heavy atom. The minimum atomic E-state index is -1.01. The summed E-state index contributed by atoms with van der Waals surface area (Å²) >= 11 is 0. The van der Waals surface area contributed by atoms with Gasteiger partial charge in [0.2, 0.25) is 5.89 Å². The Balaban J connectivity index is 1.62. The maximum absolute atomic E-state index is 12.9. The molecule has 2 aromatic carbocycles. The Labute approximate surface area is 147 Å². The molecular weight excluding hydrogens is 341 g/mol. The normalized spacial score (nSPS) is 11.7. The van der Waals surface area contributed by atoms with Crippen molar-refractivity contribution in [2.45, 2.75) is 12.6 Å². The van der Waals surface area contributed by atoms with Crippen molar-refractivity contribution in [3.63, 3.8) is 0 Å². The minimum absolute atomic E-state index is 0.0372. The summed E-state index contributed by atoms with van der Waals surface area (Å²) in [5.41, 5.74) is 0.950. The molecule has 0 bridgehead atoms. The second-order valence-corrected chi connectivity index (χ2v) is 5.46. The lowest BCUT2D eigenvalue weighted by atomic mass is 10.2. The van der Waals surface area contributed by atoms with Crippen LogP contribution in [0.2, 0.25) is 0 Å². The zero-order chi connectivity index (χ0) is 18.5. The number of ether oxygens (including phenoxy) is 1. The molecule has 0 aliphatic carbocycles. The van der Waals surface area contributed by atoms with Crippen LogP contribution in [0.4, 0.5) is 4.39 Å². The Bertz CT molecular complexity index is 971. The summed E-state index contributed by atoms with van der Waals surface area (Å²) in [7, 11) is 0. The number of hydrogen-bond acceptors (Lipinski definition) is 6. The van der Waals surface area contributed by atoms with Crippen LogP contribution in [0, 0.1) is 17.1 Å². The van der Waals surface area contributed by atoms with Crippen molar-refractivity contribution in [2.75, 3.05) is 6.61 Å². The first-order chi connectivity index (χ1) is 12.5. The highest BCUT2D eigenvalue weighted by atomic mass is 19.1. The van der Waals surface area contributed by atoms with Crippen LogP contribution in [0.1, 0.15) is 5.56 Å². The van der Waals surface area contributed by atoms with Crippen molar-refractivity contribution in [3.8, 4) is 23.3 Å². The van der Waals surface area contributed by atoms with E-state index in [1.165, 1.54) is 24.3 Å². The zero-order valence-electron chi connectivity index (χ0n) is 13.5. The number of hydrogen-bond donors (Lipinski definition) is 1. The van der Waals surface area contributed by atoms with Crippen LogP contribution in [0.15, 0.2) is 57.7 Å². The lowest BCUT2D eigenvalue weighted by molar-refractivity contribution is 0.0875. The summed E-state index contributed by atoms with van der Waals surface area (Å²) < 4.78 is 24.4. The monoisotopic (exact) mass is 355 g/mol. The second-order valence-electron chi connectivity index (χ2n) is 5.46. The highest BCUT2D eigenvalue weighted by Gasteiger charge is 2.14. The van der Waals surface area contributed by atoms with Gasteiger partial charge in [-0.2, -0.15) is 9.94 Å². The van der Waals surface area contributed by atoms with Gasteiger partial charge >= 0.3 is 5.76 Å². The molecule has 3 aromatic rings. The van der Waals surface area contributed by atoms with Gasteiger partial charge in [-0.25, -0.2) is 9.18 Å². The molecule has 1 unspecified atom stereocenters. The Morgan fingerprint density at radius 2 is 1.92 bits per heavy atom. The number of rotatable bonds is 6. The van der Waals surface area contributed by atoms with Crippen molar-refractivity contribution >= 4 is 0 Å². The second kappa shape index (κ2) is 7.63. The molecule has 132 valence electrons. The molecule has 1 atom stereocenters. The molecule has 0 aliphatic rings. The van der Waals surface area contributed by atoms with Gasteiger partial charge in [-0.05, 0) is 48.5 Å². The van der Waals surface area contributed by atoms with E-state index in [2.05, 4.69) is 5.10 Å². The molecule has 1 aromatic heterocycles. The van der Waals surface area contributed by atoms with Crippen molar-refractivity contribution in [1.82, 2.24) is 9.78 Å². The third-order valence-corrected chi connectivity index (χ3v) is 3.51. The summed E-state index contributed by atoms with van der Waals surface area (Å²) in [4.78, 5) is 11.8. The Kier molecular flexibility index (Phi) is 5.10. The average molecular weight is 355 g/mol. The van der Waals surface area contributed by atoms with Gasteiger partial charge in [0, 0.05) is 5.56 Å². The molecule has 0 saturated heterocycles. The third kappa shape index (κ3) is 4.15. The summed E-state index contributed by atoms with van der Waals surface area (Å²) in [6, 6.07) is 13.8. The van der Waals surface area contributed by atoms with Crippen molar-refractivity contribution < 1.29 is 18.7 Å². The molecular formula is C18H14FN3O4. The maximum Gasteiger partial charge on any atom is 0.437 e. The van der Waals surface area contributed by atoms with E-state index in [9.17, 15) is 14.3 Å². The molecule has 0 radical (unpaired) electrons. The fourth-order valence-electron chi connectivity index (χ4n) is 2.20. The average Bonchev–Trinajstić information content (AvgIpc) is 3.01. The smallest absolute Gasteiger partial charge is 0.437 e. The number of aromatic nitrogens is 2. The van der Waals surface area contributed by atoms with Crippen LogP contribution >= 0.6 is 0 Å². The molecule has 1 heterocycles. The SMILES string of the molecule is N#Cc1ccc(OCC(O)Cn2nc(-c3ccc(F)cc3)oc2=O)cc1. The topological polar surface area (TPSA) is 101 Å². The van der Waals surface area contributed by atoms with E-state index in [4.69, 9.17) is 14.4 Å². The van der Waals surface area contributed by atoms with Gasteiger partial charge in [0.1, 0.15) is 24.3 Å². The fraction of sp³-hybridized carbons (Fsp3) is 0.167. The molecule has 1 N–H and O–H groups in total. The molecule has 0 saturated carbocycles. The first kappa shape index (κ1) is 17.4. The predicted molar refractivity (Wildman–Crippen MR) is 88.8 cm³/mol. The van der Waals surface area contributed by atoms with E-state index < -0.39 is 17.7 Å². The number of aliphatic hydroxyl groups excluding tert-OH is 1. The first-order valence-electron chi connectivity index (χ1n) is 7.70. The van der Waals surface area contributed by atoms with E-state index in [0.29, 0.717) is 16.9 Å². The lowest BCUT2D eigenvalue weighted by Crippen LogP contribution is -2.29. The molecule has 0 aliphatic heterocycles.